The van der Waals surface area contributed by atoms with Crippen LogP contribution in [0.1, 0.15) is 349 Å². The summed E-state index contributed by atoms with van der Waals surface area (Å²) in [5.41, 5.74) is 11.8. The summed E-state index contributed by atoms with van der Waals surface area (Å²) >= 11 is 3.58. The average Bonchev–Trinajstić information content (AvgIpc) is 1.64. The van der Waals surface area contributed by atoms with E-state index >= 15 is 0 Å². The molecule has 3 aliphatic heterocycles. The second-order valence-corrected chi connectivity index (χ2v) is 70.2. The minimum absolute atomic E-state index is 0. The molecule has 3 saturated heterocycles. The Labute approximate surface area is 895 Å². The molecule has 0 spiro atoms. The van der Waals surface area contributed by atoms with Crippen molar-refractivity contribution in [2.45, 2.75) is 477 Å². The third kappa shape index (κ3) is 37.7. The first-order valence-electron chi connectivity index (χ1n) is 51.8. The van der Waals surface area contributed by atoms with E-state index in [2.05, 4.69) is 289 Å². The number of ether oxygens (including phenoxy) is 3. The molecule has 0 aromatic carbocycles. The van der Waals surface area contributed by atoms with Gasteiger partial charge in [-0.2, -0.15) is 8.42 Å². The average molecular weight is 2160 g/mol. The third-order valence-corrected chi connectivity index (χ3v) is 54.0. The van der Waals surface area contributed by atoms with Gasteiger partial charge in [0.25, 0.3) is 0 Å². The second kappa shape index (κ2) is 56.4. The molecule has 0 radical (unpaired) electrons. The quantitative estimate of drug-likeness (QED) is 0.0109. The standard InChI is InChI=1S/C40H68O4Si2.C28H40O4.C21H42O2Si2.C19H27BrO2.C3H8.4CH4.BF4.Li.H2O4S/c1-26(23-32-24-27(2)37(41)42-32)33-20-21-34-30(17-16-22-40(33,34)11)18-19-31-25-35(43-45(12,13)38(5,6)7)29(4)36(28(31)3)44-46(14,15)39(8,9)10;1-16(13-22-14-17(2)27(31)32-22)23-10-11-24-20(7-6-12-28(23,24)5)8-9-21-15-25(29)19(4)26(30)18(21)3;1-14-16-19(23-25(12,13)21(7,8)9)17(3)18(15-2)22-24(10,11)20(4,5)6;1-12(9-15-10-13(2)18(21)22-15)16-6-7-17-14(11-20)5-4-8-19(16,17)3;1-3-2;;;;;2-1(3,4)5;;1-5(2,3)4/h18-19,26,29,32-36H,2-3,16-17,20-25H2,1,4-15H3;8-9,16,19,22-26,29-30H,2-3,6-7,10-15H2,1,4-5H3;1,15,17-19H,2,16H2,3-13H3;11-12,15-17H,2,4-10H2,1,3H3;3H2,1-2H3;4*1H4;;;(H2,1,2,3,4)/q;;;;;;;;;-1;+1;/b30-18+,31-19-;20-8+,21-9-;;14-11+;;;;;;;;/t26-,29+,32+,33-,34+,35+,36+,40-;16-,19+,22+,23-,24+,25+,26-,28-;17-,18?,19-;12-,15+,16-,17+,19-;;;;;;;;/m1111......../s1. The fraction of sp³-hybridized carbons (Fsp3) is 0.765. The number of terminal acetylenes is 1. The number of cyclic esters (lactones) is 3. The second-order valence-electron chi connectivity index (χ2n) is 49.8. The fourth-order valence-corrected chi connectivity index (χ4v) is 29.4. The van der Waals surface area contributed by atoms with Gasteiger partial charge in [0.15, 0.2) is 33.3 Å². The molecule has 8 aliphatic carbocycles. The van der Waals surface area contributed by atoms with Crippen LogP contribution < -0.4 is 18.9 Å². The molecular weight excluding hydrogens is 1960 g/mol. The number of hydrogen-bond donors (Lipinski definition) is 4. The van der Waals surface area contributed by atoms with E-state index in [9.17, 15) is 41.9 Å². The Hall–Kier alpha value is -3.53. The van der Waals surface area contributed by atoms with Gasteiger partial charge in [-0.3, -0.25) is 9.11 Å². The monoisotopic (exact) mass is 2160 g/mol. The normalized spacial score (nSPS) is 31.6. The van der Waals surface area contributed by atoms with E-state index in [0.717, 1.165) is 67.1 Å². The minimum atomic E-state index is -6.00. The summed E-state index contributed by atoms with van der Waals surface area (Å²) in [6.45, 7) is 95.8. The van der Waals surface area contributed by atoms with Crippen molar-refractivity contribution in [3.8, 4) is 12.3 Å². The van der Waals surface area contributed by atoms with Crippen LogP contribution in [0.25, 0.3) is 0 Å². The Balaban J connectivity index is 0.00000184. The number of carbonyl (C=O) groups excluding carboxylic acids is 3. The molecule has 1 unspecified atom stereocenters. The van der Waals surface area contributed by atoms with Crippen LogP contribution in [0, 0.1) is 99.6 Å². The summed E-state index contributed by atoms with van der Waals surface area (Å²) in [6, 6.07) is 0. The summed E-state index contributed by atoms with van der Waals surface area (Å²) in [4.78, 5) is 37.4. The van der Waals surface area contributed by atoms with Crippen molar-refractivity contribution < 1.29 is 110 Å². The van der Waals surface area contributed by atoms with Gasteiger partial charge in [-0.25, -0.2) is 14.4 Å². The van der Waals surface area contributed by atoms with Gasteiger partial charge >= 0.3 is 54.4 Å². The molecule has 8 saturated carbocycles. The molecule has 16 nitrogen and oxygen atoms in total. The summed E-state index contributed by atoms with van der Waals surface area (Å²) in [5.74, 6) is 8.07. The fourth-order valence-electron chi connectivity index (χ4n) is 23.3. The van der Waals surface area contributed by atoms with Crippen LogP contribution in [0.4, 0.5) is 17.3 Å². The smallest absolute Gasteiger partial charge is 0.459 e. The van der Waals surface area contributed by atoms with Gasteiger partial charge in [-0.05, 0) is 298 Å². The number of fused-ring (bicyclic) bond motifs is 3. The van der Waals surface area contributed by atoms with Crippen molar-refractivity contribution in [1.29, 1.82) is 0 Å². The molecule has 11 aliphatic rings. The van der Waals surface area contributed by atoms with Crippen molar-refractivity contribution >= 4 is 84.8 Å². The molecule has 3 heterocycles. The van der Waals surface area contributed by atoms with Crippen LogP contribution in [-0.4, -0.2) is 141 Å². The number of halogens is 5. The van der Waals surface area contributed by atoms with Gasteiger partial charge < -0.3 is 59.4 Å². The molecular formula is C115H203BBrF4LiO16SSi4. The van der Waals surface area contributed by atoms with E-state index in [-0.39, 0.29) is 153 Å². The third-order valence-electron chi connectivity index (χ3n) is 35.5. The molecule has 0 bridgehead atoms. The predicted octanol–water partition coefficient (Wildman–Crippen LogP) is 30.2. The number of carbonyl (C=O) groups is 3. The Morgan fingerprint density at radius 3 is 1.13 bits per heavy atom. The van der Waals surface area contributed by atoms with Crippen LogP contribution in [0.5, 0.6) is 0 Å². The summed E-state index contributed by atoms with van der Waals surface area (Å²) < 4.78 is 115. The van der Waals surface area contributed by atoms with E-state index in [1.54, 1.807) is 11.1 Å². The summed E-state index contributed by atoms with van der Waals surface area (Å²) in [7, 11) is -18.5. The zero-order valence-corrected chi connectivity index (χ0v) is 98.6. The maximum Gasteiger partial charge on any atom is 1.00 e. The number of allylic oxidation sites excluding steroid dienone is 7. The van der Waals surface area contributed by atoms with Crippen LogP contribution in [0.15, 0.2) is 131 Å². The van der Waals surface area contributed by atoms with Gasteiger partial charge in [-0.15, -0.1) is 18.9 Å². The van der Waals surface area contributed by atoms with Gasteiger partial charge in [0.2, 0.25) is 0 Å². The SMILES string of the molecule is C.C.C.C.C#CC[C@@H](O[Si](C)(C)C(C)(C)C)[C@H](C)C(C=C)O[Si](C)(C)C(C)(C)C.C=C1C[C@H](C[C@@H](C)[C@H]2CC[C@H]3/C(=C/Br)CCC[C@]23C)OC1=O.C=C1C[C@H](C[C@@H](C)[C@H]2CC[C@H]3/C(=C/C=C4/C[C@H](O)[C@H](C)[C@H](O)C4=C)CCC[C@]23C)OC1=O.C=C1C[C@H](C[C@@H](C)[C@H]2CC[C@H]3/C(=C/C=C4/C[C@H](O[Si](C)(C)C(C)(C)C)[C@H](C)[C@@H](O[Si](C)(C)C(C)(C)C)C4=C)CCC[C@]23C)OC1=O.CCC.F[B-](F)(F)F.O=S(=O)(O)O.[Li+]. The summed E-state index contributed by atoms with van der Waals surface area (Å²) in [6.07, 6.45) is 42.9. The zero-order chi connectivity index (χ0) is 106. The maximum atomic E-state index is 12.0. The van der Waals surface area contributed by atoms with Crippen molar-refractivity contribution in [1.82, 2.24) is 0 Å². The Morgan fingerprint density at radius 2 is 0.832 bits per heavy atom. The molecule has 11 fully saturated rings. The van der Waals surface area contributed by atoms with Crippen molar-refractivity contribution in [3.63, 3.8) is 0 Å². The zero-order valence-electron chi connectivity index (χ0n) is 92.1. The molecule has 11 rings (SSSR count). The number of aliphatic hydroxyl groups is 2. The minimum Gasteiger partial charge on any atom is -0.459 e. The van der Waals surface area contributed by atoms with Gasteiger partial charge in [-0.1, -0.05) is 291 Å². The van der Waals surface area contributed by atoms with E-state index < -0.39 is 63.1 Å². The Morgan fingerprint density at radius 1 is 0.524 bits per heavy atom. The summed E-state index contributed by atoms with van der Waals surface area (Å²) in [5, 5.41) is 21.3. The number of esters is 3. The maximum absolute atomic E-state index is 12.0. The van der Waals surface area contributed by atoms with Crippen molar-refractivity contribution in [2.24, 2.45) is 87.3 Å². The number of rotatable bonds is 23. The van der Waals surface area contributed by atoms with E-state index in [1.165, 1.54) is 107 Å². The number of hydrogen-bond acceptors (Lipinski definition) is 14. The Bertz CT molecular complexity index is 4460. The molecule has 0 amide bonds. The Kier molecular flexibility index (Phi) is 55.0. The van der Waals surface area contributed by atoms with Crippen LogP contribution in [0.3, 0.4) is 0 Å². The molecule has 4 N–H and O–H groups in total. The van der Waals surface area contributed by atoms with E-state index in [4.69, 9.17) is 62.4 Å². The first-order chi connectivity index (χ1) is 63.0. The molecule has 0 aromatic rings. The molecule has 0 aromatic heterocycles. The topological polar surface area (TPSA) is 231 Å². The molecule has 143 heavy (non-hydrogen) atoms. The predicted molar refractivity (Wildman–Crippen MR) is 602 cm³/mol. The van der Waals surface area contributed by atoms with E-state index in [1.807, 2.05) is 13.0 Å². The first kappa shape index (κ1) is 139. The largest absolute Gasteiger partial charge is 1.00 e. The van der Waals surface area contributed by atoms with E-state index in [0.29, 0.717) is 94.7 Å². The molecule has 24 atom stereocenters. The van der Waals surface area contributed by atoms with Crippen molar-refractivity contribution in [3.05, 3.63) is 131 Å². The van der Waals surface area contributed by atoms with Crippen molar-refractivity contribution in [2.75, 3.05) is 0 Å². The first-order valence-corrected chi connectivity index (χ1v) is 65.7. The van der Waals surface area contributed by atoms with Crippen LogP contribution in [-0.2, 0) is 56.7 Å². The molecule has 820 valence electrons. The number of aliphatic hydroxyl groups excluding tert-OH is 2. The van der Waals surface area contributed by atoms with Crippen LogP contribution >= 0.6 is 15.9 Å². The van der Waals surface area contributed by atoms with Gasteiger partial charge in [0, 0.05) is 60.2 Å². The van der Waals surface area contributed by atoms with Gasteiger partial charge in [0.05, 0.1) is 36.6 Å². The molecule has 28 heteroatoms. The van der Waals surface area contributed by atoms with Gasteiger partial charge in [0.1, 0.15) is 18.3 Å². The van der Waals surface area contributed by atoms with Crippen LogP contribution in [0.2, 0.25) is 72.5 Å².